The fraction of sp³-hybridized carbons (Fsp3) is 0.571. The Balaban J connectivity index is 2.64. The summed E-state index contributed by atoms with van der Waals surface area (Å²) in [6.07, 6.45) is 1.04. The first-order valence-corrected chi connectivity index (χ1v) is 6.22. The fourth-order valence-corrected chi connectivity index (χ4v) is 1.74. The number of likely N-dealkylation sites (N-methyl/N-ethyl adjacent to an activating group) is 2. The third-order valence-electron chi connectivity index (χ3n) is 2.65. The van der Waals surface area contributed by atoms with Gasteiger partial charge in [0.25, 0.3) is 0 Å². The van der Waals surface area contributed by atoms with Crippen LogP contribution in [0.2, 0.25) is 0 Å². The van der Waals surface area contributed by atoms with E-state index in [1.165, 1.54) is 5.56 Å². The van der Waals surface area contributed by atoms with Crippen LogP contribution < -0.4 is 10.1 Å². The second-order valence-electron chi connectivity index (χ2n) is 4.52. The Morgan fingerprint density at radius 3 is 2.35 bits per heavy atom. The molecule has 3 heteroatoms. The number of benzene rings is 1. The molecule has 0 saturated carbocycles. The first kappa shape index (κ1) is 14.0. The van der Waals surface area contributed by atoms with E-state index >= 15 is 0 Å². The highest BCUT2D eigenvalue weighted by Gasteiger charge is 2.09. The summed E-state index contributed by atoms with van der Waals surface area (Å²) in [5, 5.41) is 3.33. The van der Waals surface area contributed by atoms with Crippen LogP contribution in [0.1, 0.15) is 24.9 Å². The van der Waals surface area contributed by atoms with Crippen LogP contribution in [0, 0.1) is 0 Å². The van der Waals surface area contributed by atoms with Gasteiger partial charge in [0.1, 0.15) is 5.75 Å². The molecule has 0 aromatic heterocycles. The number of ether oxygens (including phenoxy) is 1. The zero-order valence-electron chi connectivity index (χ0n) is 11.4. The van der Waals surface area contributed by atoms with Gasteiger partial charge >= 0.3 is 0 Å². The molecule has 17 heavy (non-hydrogen) atoms. The molecule has 0 fully saturated rings. The van der Waals surface area contributed by atoms with E-state index in [9.17, 15) is 0 Å². The second kappa shape index (κ2) is 7.30. The van der Waals surface area contributed by atoms with E-state index in [1.807, 2.05) is 19.2 Å². The molecule has 1 rings (SSSR count). The highest BCUT2D eigenvalue weighted by atomic mass is 16.5. The van der Waals surface area contributed by atoms with Gasteiger partial charge in [0.15, 0.2) is 0 Å². The zero-order chi connectivity index (χ0) is 12.7. The van der Waals surface area contributed by atoms with Crippen LogP contribution in [0.15, 0.2) is 24.3 Å². The van der Waals surface area contributed by atoms with Crippen LogP contribution in [0.4, 0.5) is 0 Å². The lowest BCUT2D eigenvalue weighted by molar-refractivity contribution is 0.317. The predicted octanol–water partition coefficient (Wildman–Crippen LogP) is 2.30. The monoisotopic (exact) mass is 236 g/mol. The topological polar surface area (TPSA) is 24.5 Å². The Kier molecular flexibility index (Phi) is 6.01. The lowest BCUT2D eigenvalue weighted by atomic mass is 10.1. The lowest BCUT2D eigenvalue weighted by Gasteiger charge is -2.21. The lowest BCUT2D eigenvalue weighted by Crippen LogP contribution is -2.28. The van der Waals surface area contributed by atoms with Gasteiger partial charge in [-0.1, -0.05) is 19.1 Å². The van der Waals surface area contributed by atoms with Crippen LogP contribution in [0.5, 0.6) is 5.75 Å². The summed E-state index contributed by atoms with van der Waals surface area (Å²) in [7, 11) is 6.17. The number of rotatable bonds is 7. The summed E-state index contributed by atoms with van der Waals surface area (Å²) < 4.78 is 5.57. The van der Waals surface area contributed by atoms with Crippen LogP contribution >= 0.6 is 0 Å². The van der Waals surface area contributed by atoms with Crippen molar-refractivity contribution in [2.24, 2.45) is 0 Å². The van der Waals surface area contributed by atoms with E-state index in [2.05, 4.69) is 43.4 Å². The summed E-state index contributed by atoms with van der Waals surface area (Å²) in [5.41, 5.74) is 1.30. The Morgan fingerprint density at radius 1 is 1.24 bits per heavy atom. The molecule has 1 unspecified atom stereocenters. The van der Waals surface area contributed by atoms with Gasteiger partial charge in [-0.15, -0.1) is 0 Å². The first-order chi connectivity index (χ1) is 8.17. The average molecular weight is 236 g/mol. The van der Waals surface area contributed by atoms with Crippen molar-refractivity contribution in [2.75, 3.05) is 34.3 Å². The smallest absolute Gasteiger partial charge is 0.119 e. The fourth-order valence-electron chi connectivity index (χ4n) is 1.74. The van der Waals surface area contributed by atoms with Crippen molar-refractivity contribution in [3.05, 3.63) is 29.8 Å². The molecular formula is C14H24N2O. The van der Waals surface area contributed by atoms with Crippen molar-refractivity contribution in [2.45, 2.75) is 19.4 Å². The van der Waals surface area contributed by atoms with Gasteiger partial charge in [0.05, 0.1) is 6.61 Å². The van der Waals surface area contributed by atoms with Crippen molar-refractivity contribution in [1.29, 1.82) is 0 Å². The predicted molar refractivity (Wildman–Crippen MR) is 72.6 cm³/mol. The second-order valence-corrected chi connectivity index (χ2v) is 4.52. The minimum atomic E-state index is 0.366. The number of hydrogen-bond donors (Lipinski definition) is 1. The van der Waals surface area contributed by atoms with Crippen LogP contribution in [-0.4, -0.2) is 39.2 Å². The molecule has 0 aliphatic heterocycles. The number of nitrogens with zero attached hydrogens (tertiary/aromatic N) is 1. The minimum absolute atomic E-state index is 0.366. The molecule has 0 radical (unpaired) electrons. The third-order valence-corrected chi connectivity index (χ3v) is 2.65. The summed E-state index contributed by atoms with van der Waals surface area (Å²) in [6, 6.07) is 8.73. The van der Waals surface area contributed by atoms with Crippen LogP contribution in [-0.2, 0) is 0 Å². The van der Waals surface area contributed by atoms with Gasteiger partial charge in [-0.3, -0.25) is 0 Å². The van der Waals surface area contributed by atoms with Gasteiger partial charge in [-0.25, -0.2) is 0 Å². The molecule has 1 N–H and O–H groups in total. The van der Waals surface area contributed by atoms with E-state index in [4.69, 9.17) is 4.74 Å². The number of nitrogens with one attached hydrogen (secondary N) is 1. The van der Waals surface area contributed by atoms with E-state index in [1.54, 1.807) is 0 Å². The molecule has 0 amide bonds. The van der Waals surface area contributed by atoms with Crippen LogP contribution in [0.3, 0.4) is 0 Å². The van der Waals surface area contributed by atoms with E-state index in [0.29, 0.717) is 6.04 Å². The molecular weight excluding hydrogens is 212 g/mol. The highest BCUT2D eigenvalue weighted by Crippen LogP contribution is 2.18. The number of hydrogen-bond acceptors (Lipinski definition) is 3. The van der Waals surface area contributed by atoms with Crippen molar-refractivity contribution in [1.82, 2.24) is 10.2 Å². The van der Waals surface area contributed by atoms with Crippen LogP contribution in [0.25, 0.3) is 0 Å². The molecule has 0 aliphatic rings. The zero-order valence-corrected chi connectivity index (χ0v) is 11.4. The van der Waals surface area contributed by atoms with Gasteiger partial charge in [0, 0.05) is 12.6 Å². The molecule has 96 valence electrons. The SMILES string of the molecule is CCCOc1ccc(C(CN(C)C)NC)cc1. The van der Waals surface area contributed by atoms with Gasteiger partial charge < -0.3 is 15.0 Å². The maximum Gasteiger partial charge on any atom is 0.119 e. The molecule has 0 aliphatic carbocycles. The quantitative estimate of drug-likeness (QED) is 0.786. The molecule has 0 saturated heterocycles. The Morgan fingerprint density at radius 2 is 1.88 bits per heavy atom. The molecule has 0 heterocycles. The average Bonchev–Trinajstić information content (AvgIpc) is 2.34. The van der Waals surface area contributed by atoms with Gasteiger partial charge in [-0.2, -0.15) is 0 Å². The third kappa shape index (κ3) is 4.75. The van der Waals surface area contributed by atoms with Gasteiger partial charge in [-0.05, 0) is 45.3 Å². The first-order valence-electron chi connectivity index (χ1n) is 6.22. The molecule has 1 aromatic carbocycles. The maximum atomic E-state index is 5.57. The van der Waals surface area contributed by atoms with E-state index in [-0.39, 0.29) is 0 Å². The molecule has 1 aromatic rings. The van der Waals surface area contributed by atoms with Gasteiger partial charge in [0.2, 0.25) is 0 Å². The van der Waals surface area contributed by atoms with Crippen molar-refractivity contribution in [3.63, 3.8) is 0 Å². The normalized spacial score (nSPS) is 12.8. The largest absolute Gasteiger partial charge is 0.494 e. The molecule has 3 nitrogen and oxygen atoms in total. The van der Waals surface area contributed by atoms with Crippen molar-refractivity contribution < 1.29 is 4.74 Å². The summed E-state index contributed by atoms with van der Waals surface area (Å²) >= 11 is 0. The Labute approximate surface area is 105 Å². The molecule has 0 spiro atoms. The molecule has 1 atom stereocenters. The molecule has 0 bridgehead atoms. The van der Waals surface area contributed by atoms with Crippen molar-refractivity contribution in [3.8, 4) is 5.75 Å². The van der Waals surface area contributed by atoms with E-state index in [0.717, 1.165) is 25.3 Å². The van der Waals surface area contributed by atoms with E-state index < -0.39 is 0 Å². The standard InChI is InChI=1S/C14H24N2O/c1-5-10-17-13-8-6-12(7-9-13)14(15-2)11-16(3)4/h6-9,14-15H,5,10-11H2,1-4H3. The maximum absolute atomic E-state index is 5.57. The minimum Gasteiger partial charge on any atom is -0.494 e. The summed E-state index contributed by atoms with van der Waals surface area (Å²) in [6.45, 7) is 3.89. The summed E-state index contributed by atoms with van der Waals surface area (Å²) in [4.78, 5) is 2.18. The van der Waals surface area contributed by atoms with Crippen molar-refractivity contribution >= 4 is 0 Å². The summed E-state index contributed by atoms with van der Waals surface area (Å²) in [5.74, 6) is 0.954. The Hall–Kier alpha value is -1.06. The highest BCUT2D eigenvalue weighted by molar-refractivity contribution is 5.29. The Bertz CT molecular complexity index is 309.